The number of nitrogens with two attached hydrogens (primary N) is 2. The molecule has 2 heterocycles. The normalized spacial score (nSPS) is 10.8. The van der Waals surface area contributed by atoms with E-state index in [4.69, 9.17) is 16.2 Å². The van der Waals surface area contributed by atoms with Crippen molar-refractivity contribution < 1.29 is 4.74 Å². The second kappa shape index (κ2) is 4.16. The lowest BCUT2D eigenvalue weighted by molar-refractivity contribution is 0.415. The second-order valence-electron chi connectivity index (χ2n) is 4.14. The van der Waals surface area contributed by atoms with Crippen molar-refractivity contribution >= 4 is 17.2 Å². The second-order valence-corrected chi connectivity index (χ2v) is 4.14. The molecule has 0 bridgehead atoms. The molecule has 96 valence electrons. The minimum atomic E-state index is 0.291. The standard InChI is InChI=1S/C13H13N5O/c1-19-10-4-2-8(3-5-10)9-6-16-13-11(14)12(15)17-18(13)7-9/h2-7H,14H2,1H3,(H2,15,17). The minimum Gasteiger partial charge on any atom is -0.497 e. The van der Waals surface area contributed by atoms with Crippen LogP contribution >= 0.6 is 0 Å². The number of ether oxygens (including phenoxy) is 1. The van der Waals surface area contributed by atoms with Crippen LogP contribution in [0.4, 0.5) is 11.5 Å². The van der Waals surface area contributed by atoms with E-state index in [-0.39, 0.29) is 0 Å². The lowest BCUT2D eigenvalue weighted by atomic mass is 10.1. The Labute approximate surface area is 109 Å². The molecule has 0 fully saturated rings. The van der Waals surface area contributed by atoms with E-state index >= 15 is 0 Å². The number of anilines is 2. The van der Waals surface area contributed by atoms with Gasteiger partial charge in [-0.05, 0) is 17.7 Å². The van der Waals surface area contributed by atoms with E-state index in [0.29, 0.717) is 17.2 Å². The largest absolute Gasteiger partial charge is 0.497 e. The number of aromatic nitrogens is 3. The van der Waals surface area contributed by atoms with Crippen LogP contribution in [0, 0.1) is 0 Å². The van der Waals surface area contributed by atoms with Gasteiger partial charge in [0.2, 0.25) is 0 Å². The molecule has 3 rings (SSSR count). The fraction of sp³-hybridized carbons (Fsp3) is 0.0769. The van der Waals surface area contributed by atoms with Crippen molar-refractivity contribution in [1.82, 2.24) is 14.6 Å². The molecule has 0 atom stereocenters. The number of nitrogens with zero attached hydrogens (tertiary/aromatic N) is 3. The molecule has 1 aromatic carbocycles. The Hall–Kier alpha value is -2.76. The van der Waals surface area contributed by atoms with Crippen LogP contribution in [0.2, 0.25) is 0 Å². The molecule has 19 heavy (non-hydrogen) atoms. The Morgan fingerprint density at radius 2 is 1.84 bits per heavy atom. The third-order valence-electron chi connectivity index (χ3n) is 2.96. The van der Waals surface area contributed by atoms with Crippen LogP contribution in [0.25, 0.3) is 16.8 Å². The number of methoxy groups -OCH3 is 1. The summed E-state index contributed by atoms with van der Waals surface area (Å²) in [6.45, 7) is 0. The van der Waals surface area contributed by atoms with Crippen molar-refractivity contribution in [1.29, 1.82) is 0 Å². The smallest absolute Gasteiger partial charge is 0.180 e. The zero-order valence-corrected chi connectivity index (χ0v) is 10.4. The van der Waals surface area contributed by atoms with Crippen LogP contribution in [-0.4, -0.2) is 21.7 Å². The summed E-state index contributed by atoms with van der Waals surface area (Å²) in [7, 11) is 1.64. The van der Waals surface area contributed by atoms with Crippen LogP contribution in [0.15, 0.2) is 36.7 Å². The summed E-state index contributed by atoms with van der Waals surface area (Å²) in [6.07, 6.45) is 3.59. The summed E-state index contributed by atoms with van der Waals surface area (Å²) in [5.41, 5.74) is 14.4. The maximum Gasteiger partial charge on any atom is 0.180 e. The number of nitrogen functional groups attached to an aromatic ring is 2. The van der Waals surface area contributed by atoms with E-state index in [1.165, 1.54) is 0 Å². The van der Waals surface area contributed by atoms with Gasteiger partial charge < -0.3 is 16.2 Å². The summed E-state index contributed by atoms with van der Waals surface area (Å²) in [5, 5.41) is 4.11. The molecule has 0 saturated carbocycles. The third-order valence-corrected chi connectivity index (χ3v) is 2.96. The van der Waals surface area contributed by atoms with Crippen molar-refractivity contribution in [3.63, 3.8) is 0 Å². The number of rotatable bonds is 2. The van der Waals surface area contributed by atoms with Crippen LogP contribution in [-0.2, 0) is 0 Å². The average Bonchev–Trinajstić information content (AvgIpc) is 2.74. The molecule has 0 unspecified atom stereocenters. The Bertz CT molecular complexity index is 733. The van der Waals surface area contributed by atoms with E-state index in [1.807, 2.05) is 30.5 Å². The minimum absolute atomic E-state index is 0.291. The summed E-state index contributed by atoms with van der Waals surface area (Å²) in [4.78, 5) is 4.28. The summed E-state index contributed by atoms with van der Waals surface area (Å²) < 4.78 is 6.72. The highest BCUT2D eigenvalue weighted by atomic mass is 16.5. The summed E-state index contributed by atoms with van der Waals surface area (Å²) in [6, 6.07) is 7.70. The van der Waals surface area contributed by atoms with Crippen molar-refractivity contribution in [3.05, 3.63) is 36.7 Å². The van der Waals surface area contributed by atoms with Crippen LogP contribution in [0.1, 0.15) is 0 Å². The zero-order valence-electron chi connectivity index (χ0n) is 10.4. The van der Waals surface area contributed by atoms with Gasteiger partial charge in [-0.3, -0.25) is 0 Å². The van der Waals surface area contributed by atoms with E-state index < -0.39 is 0 Å². The van der Waals surface area contributed by atoms with Gasteiger partial charge in [0, 0.05) is 18.0 Å². The first-order chi connectivity index (χ1) is 9.19. The number of hydrogen-bond donors (Lipinski definition) is 2. The van der Waals surface area contributed by atoms with Gasteiger partial charge in [-0.15, -0.1) is 5.10 Å². The van der Waals surface area contributed by atoms with Gasteiger partial charge in [-0.1, -0.05) is 12.1 Å². The van der Waals surface area contributed by atoms with Gasteiger partial charge in [-0.25, -0.2) is 9.50 Å². The fourth-order valence-electron chi connectivity index (χ4n) is 1.90. The highest BCUT2D eigenvalue weighted by molar-refractivity contribution is 5.77. The fourth-order valence-corrected chi connectivity index (χ4v) is 1.90. The Kier molecular flexibility index (Phi) is 2.49. The SMILES string of the molecule is COc1ccc(-c2cnc3c(N)c(N)nn3c2)cc1. The summed E-state index contributed by atoms with van der Waals surface area (Å²) in [5.74, 6) is 1.10. The molecule has 3 aromatic rings. The van der Waals surface area contributed by atoms with Crippen molar-refractivity contribution in [2.24, 2.45) is 0 Å². The molecule has 6 heteroatoms. The maximum atomic E-state index is 5.78. The molecule has 0 aliphatic heterocycles. The lowest BCUT2D eigenvalue weighted by Crippen LogP contribution is -1.93. The summed E-state index contributed by atoms with van der Waals surface area (Å²) >= 11 is 0. The first kappa shape index (κ1) is 11.3. The van der Waals surface area contributed by atoms with Gasteiger partial charge in [0.1, 0.15) is 11.4 Å². The molecular weight excluding hydrogens is 242 g/mol. The predicted octanol–water partition coefficient (Wildman–Crippen LogP) is 1.57. The molecule has 0 amide bonds. The first-order valence-corrected chi connectivity index (χ1v) is 5.73. The topological polar surface area (TPSA) is 91.5 Å². The molecule has 2 aromatic heterocycles. The third kappa shape index (κ3) is 1.83. The first-order valence-electron chi connectivity index (χ1n) is 5.73. The van der Waals surface area contributed by atoms with Gasteiger partial charge in [0.25, 0.3) is 0 Å². The Morgan fingerprint density at radius 3 is 2.53 bits per heavy atom. The van der Waals surface area contributed by atoms with E-state index in [9.17, 15) is 0 Å². The molecule has 0 saturated heterocycles. The molecule has 6 nitrogen and oxygen atoms in total. The quantitative estimate of drug-likeness (QED) is 0.725. The number of hydrogen-bond acceptors (Lipinski definition) is 5. The van der Waals surface area contributed by atoms with E-state index in [2.05, 4.69) is 10.1 Å². The predicted molar refractivity (Wildman–Crippen MR) is 73.8 cm³/mol. The van der Waals surface area contributed by atoms with Crippen LogP contribution in [0.3, 0.4) is 0 Å². The van der Waals surface area contributed by atoms with E-state index in [0.717, 1.165) is 16.9 Å². The number of fused-ring (bicyclic) bond motifs is 1. The van der Waals surface area contributed by atoms with Crippen LogP contribution < -0.4 is 16.2 Å². The Balaban J connectivity index is 2.09. The van der Waals surface area contributed by atoms with Crippen molar-refractivity contribution in [3.8, 4) is 16.9 Å². The van der Waals surface area contributed by atoms with Crippen molar-refractivity contribution in [2.45, 2.75) is 0 Å². The van der Waals surface area contributed by atoms with Gasteiger partial charge >= 0.3 is 0 Å². The van der Waals surface area contributed by atoms with Gasteiger partial charge in [-0.2, -0.15) is 0 Å². The van der Waals surface area contributed by atoms with E-state index in [1.54, 1.807) is 17.8 Å². The average molecular weight is 255 g/mol. The Morgan fingerprint density at radius 1 is 1.11 bits per heavy atom. The molecule has 4 N–H and O–H groups in total. The highest BCUT2D eigenvalue weighted by Crippen LogP contribution is 2.24. The molecule has 0 spiro atoms. The molecule has 0 aliphatic rings. The monoisotopic (exact) mass is 255 g/mol. The maximum absolute atomic E-state index is 5.78. The zero-order chi connectivity index (χ0) is 13.4. The van der Waals surface area contributed by atoms with Crippen LogP contribution in [0.5, 0.6) is 5.75 Å². The molecule has 0 aliphatic carbocycles. The highest BCUT2D eigenvalue weighted by Gasteiger charge is 2.08. The number of benzene rings is 1. The van der Waals surface area contributed by atoms with Crippen molar-refractivity contribution in [2.75, 3.05) is 18.6 Å². The van der Waals surface area contributed by atoms with Gasteiger partial charge in [0.15, 0.2) is 11.5 Å². The molecular formula is C13H13N5O. The van der Waals surface area contributed by atoms with Gasteiger partial charge in [0.05, 0.1) is 7.11 Å². The molecule has 0 radical (unpaired) electrons. The lowest BCUT2D eigenvalue weighted by Gasteiger charge is -2.04.